The SMILES string of the molecule is C1CNCN1.CCC(=O)O.CCCCCCC(C)ON=O. The van der Waals surface area contributed by atoms with Gasteiger partial charge in [0.2, 0.25) is 0 Å². The summed E-state index contributed by atoms with van der Waals surface area (Å²) in [7, 11) is 0. The van der Waals surface area contributed by atoms with Crippen LogP contribution in [0.4, 0.5) is 0 Å². The summed E-state index contributed by atoms with van der Waals surface area (Å²) in [4.78, 5) is 23.5. The molecule has 1 unspecified atom stereocenters. The van der Waals surface area contributed by atoms with Crippen molar-refractivity contribution in [1.82, 2.24) is 10.6 Å². The minimum Gasteiger partial charge on any atom is -0.481 e. The molecular weight excluding hydrogens is 274 g/mol. The van der Waals surface area contributed by atoms with Crippen LogP contribution >= 0.6 is 0 Å². The monoisotopic (exact) mass is 305 g/mol. The standard InChI is InChI=1S/C8H17NO2.C3H8N2.C3H6O2/c1-3-4-5-6-7-8(2)11-9-10;1-2-5-3-4-1;1-2-3(4)5/h8H,3-7H2,1-2H3;4-5H,1-3H2;2H2,1H3,(H,4,5). The highest BCUT2D eigenvalue weighted by atomic mass is 16.7. The number of hydrogen-bond donors (Lipinski definition) is 3. The molecule has 0 aromatic heterocycles. The average molecular weight is 305 g/mol. The largest absolute Gasteiger partial charge is 0.481 e. The molecule has 0 amide bonds. The first-order valence-corrected chi connectivity index (χ1v) is 7.70. The molecule has 1 aliphatic rings. The number of nitrogens with one attached hydrogen (secondary N) is 2. The zero-order valence-corrected chi connectivity index (χ0v) is 13.6. The fourth-order valence-corrected chi connectivity index (χ4v) is 1.43. The van der Waals surface area contributed by atoms with Crippen LogP contribution in [0.1, 0.15) is 59.3 Å². The van der Waals surface area contributed by atoms with Gasteiger partial charge in [-0.05, 0) is 19.8 Å². The summed E-state index contributed by atoms with van der Waals surface area (Å²) in [6, 6.07) is 0. The van der Waals surface area contributed by atoms with Crippen LogP contribution in [0.5, 0.6) is 0 Å². The lowest BCUT2D eigenvalue weighted by Gasteiger charge is -2.05. The van der Waals surface area contributed by atoms with E-state index in [9.17, 15) is 9.70 Å². The molecule has 3 N–H and O–H groups in total. The van der Waals surface area contributed by atoms with Crippen LogP contribution < -0.4 is 10.6 Å². The molecular formula is C14H31N3O4. The first-order valence-electron chi connectivity index (χ1n) is 7.70. The van der Waals surface area contributed by atoms with Gasteiger partial charge in [-0.3, -0.25) is 4.79 Å². The van der Waals surface area contributed by atoms with Gasteiger partial charge in [-0.15, -0.1) is 4.91 Å². The summed E-state index contributed by atoms with van der Waals surface area (Å²) in [6.07, 6.45) is 6.01. The van der Waals surface area contributed by atoms with Gasteiger partial charge in [-0.2, -0.15) is 0 Å². The highest BCUT2D eigenvalue weighted by Crippen LogP contribution is 2.07. The Balaban J connectivity index is 0. The van der Waals surface area contributed by atoms with Crippen LogP contribution in [0, 0.1) is 4.91 Å². The maximum atomic E-state index is 9.63. The highest BCUT2D eigenvalue weighted by molar-refractivity contribution is 5.66. The first-order chi connectivity index (χ1) is 10.1. The Bertz CT molecular complexity index is 229. The van der Waals surface area contributed by atoms with Gasteiger partial charge in [0.25, 0.3) is 0 Å². The van der Waals surface area contributed by atoms with Gasteiger partial charge >= 0.3 is 5.97 Å². The molecule has 0 spiro atoms. The van der Waals surface area contributed by atoms with E-state index in [1.807, 2.05) is 6.92 Å². The van der Waals surface area contributed by atoms with Gasteiger partial charge in [-0.25, -0.2) is 0 Å². The molecule has 1 saturated heterocycles. The van der Waals surface area contributed by atoms with Crippen molar-refractivity contribution in [3.63, 3.8) is 0 Å². The van der Waals surface area contributed by atoms with Crippen molar-refractivity contribution in [3.05, 3.63) is 4.91 Å². The molecule has 1 atom stereocenters. The van der Waals surface area contributed by atoms with Gasteiger partial charge in [0.05, 0.1) is 0 Å². The molecule has 0 aromatic carbocycles. The number of nitrogens with zero attached hydrogens (tertiary/aromatic N) is 1. The molecule has 1 rings (SSSR count). The first kappa shape index (κ1) is 22.1. The Morgan fingerprint density at radius 1 is 1.24 bits per heavy atom. The summed E-state index contributed by atoms with van der Waals surface area (Å²) in [5, 5.41) is 16.3. The number of carboxylic acids is 1. The Kier molecular flexibility index (Phi) is 19.8. The molecule has 0 aromatic rings. The van der Waals surface area contributed by atoms with E-state index in [2.05, 4.69) is 27.7 Å². The van der Waals surface area contributed by atoms with Crippen LogP contribution in [0.3, 0.4) is 0 Å². The summed E-state index contributed by atoms with van der Waals surface area (Å²) >= 11 is 0. The van der Waals surface area contributed by atoms with Crippen molar-refractivity contribution in [2.24, 2.45) is 5.34 Å². The number of carbonyl (C=O) groups is 1. The molecule has 1 fully saturated rings. The second-order valence-corrected chi connectivity index (χ2v) is 4.76. The molecule has 126 valence electrons. The fourth-order valence-electron chi connectivity index (χ4n) is 1.43. The summed E-state index contributed by atoms with van der Waals surface area (Å²) in [5.74, 6) is -0.745. The van der Waals surface area contributed by atoms with E-state index < -0.39 is 5.97 Å². The molecule has 7 nitrogen and oxygen atoms in total. The van der Waals surface area contributed by atoms with Crippen LogP contribution in [-0.4, -0.2) is 36.9 Å². The third-order valence-corrected chi connectivity index (χ3v) is 2.72. The van der Waals surface area contributed by atoms with Crippen molar-refractivity contribution < 1.29 is 14.7 Å². The fraction of sp³-hybridized carbons (Fsp3) is 0.929. The van der Waals surface area contributed by atoms with Crippen molar-refractivity contribution >= 4 is 5.97 Å². The summed E-state index contributed by atoms with van der Waals surface area (Å²) < 4.78 is 0. The molecule has 0 saturated carbocycles. The van der Waals surface area contributed by atoms with Gasteiger partial charge in [0.15, 0.2) is 5.34 Å². The van der Waals surface area contributed by atoms with Crippen molar-refractivity contribution in [1.29, 1.82) is 0 Å². The minimum absolute atomic E-state index is 0.00986. The third-order valence-electron chi connectivity index (χ3n) is 2.72. The molecule has 1 heterocycles. The van der Waals surface area contributed by atoms with Gasteiger partial charge < -0.3 is 20.6 Å². The van der Waals surface area contributed by atoms with E-state index in [-0.39, 0.29) is 12.5 Å². The van der Waals surface area contributed by atoms with Crippen molar-refractivity contribution in [2.45, 2.75) is 65.4 Å². The number of carboxylic acid groups (broad SMARTS) is 1. The van der Waals surface area contributed by atoms with Crippen molar-refractivity contribution in [3.8, 4) is 0 Å². The predicted octanol–water partition coefficient (Wildman–Crippen LogP) is 2.66. The molecule has 0 aliphatic carbocycles. The van der Waals surface area contributed by atoms with Crippen molar-refractivity contribution in [2.75, 3.05) is 19.8 Å². The Labute approximate surface area is 127 Å². The Hall–Kier alpha value is -1.21. The Morgan fingerprint density at radius 2 is 1.81 bits per heavy atom. The molecule has 7 heteroatoms. The number of rotatable bonds is 8. The van der Waals surface area contributed by atoms with E-state index >= 15 is 0 Å². The summed E-state index contributed by atoms with van der Waals surface area (Å²) in [5.41, 5.74) is 0. The van der Waals surface area contributed by atoms with E-state index in [0.717, 1.165) is 32.6 Å². The van der Waals surface area contributed by atoms with Crippen LogP contribution in [0.25, 0.3) is 0 Å². The quantitative estimate of drug-likeness (QED) is 0.362. The van der Waals surface area contributed by atoms with Crippen LogP contribution in [-0.2, 0) is 9.63 Å². The Morgan fingerprint density at radius 3 is 2.14 bits per heavy atom. The summed E-state index contributed by atoms with van der Waals surface area (Å²) in [6.45, 7) is 8.92. The topological polar surface area (TPSA) is 100 Å². The maximum Gasteiger partial charge on any atom is 0.303 e. The molecule has 0 radical (unpaired) electrons. The van der Waals surface area contributed by atoms with Crippen LogP contribution in [0.2, 0.25) is 0 Å². The number of aliphatic carboxylic acids is 1. The normalized spacial score (nSPS) is 14.0. The van der Waals surface area contributed by atoms with Gasteiger partial charge in [-0.1, -0.05) is 33.1 Å². The van der Waals surface area contributed by atoms with Crippen LogP contribution in [0.15, 0.2) is 5.34 Å². The lowest BCUT2D eigenvalue weighted by Crippen LogP contribution is -2.11. The predicted molar refractivity (Wildman–Crippen MR) is 83.9 cm³/mol. The molecule has 0 bridgehead atoms. The second-order valence-electron chi connectivity index (χ2n) is 4.76. The molecule has 21 heavy (non-hydrogen) atoms. The highest BCUT2D eigenvalue weighted by Gasteiger charge is 2.00. The van der Waals surface area contributed by atoms with E-state index in [0.29, 0.717) is 0 Å². The number of hydrogen-bond acceptors (Lipinski definition) is 6. The third kappa shape index (κ3) is 24.2. The second kappa shape index (κ2) is 18.8. The van der Waals surface area contributed by atoms with Gasteiger partial charge in [0, 0.05) is 26.2 Å². The lowest BCUT2D eigenvalue weighted by molar-refractivity contribution is -0.136. The molecule has 1 aliphatic heterocycles. The lowest BCUT2D eigenvalue weighted by atomic mass is 10.1. The van der Waals surface area contributed by atoms with E-state index in [4.69, 9.17) is 5.11 Å². The smallest absolute Gasteiger partial charge is 0.303 e. The maximum absolute atomic E-state index is 9.63. The zero-order chi connectivity index (χ0) is 16.3. The van der Waals surface area contributed by atoms with Gasteiger partial charge in [0.1, 0.15) is 6.10 Å². The van der Waals surface area contributed by atoms with E-state index in [1.165, 1.54) is 19.3 Å². The average Bonchev–Trinajstić information content (AvgIpc) is 3.04. The zero-order valence-electron chi connectivity index (χ0n) is 13.6. The van der Waals surface area contributed by atoms with E-state index in [1.54, 1.807) is 6.92 Å². The number of unbranched alkanes of at least 4 members (excludes halogenated alkanes) is 3. The minimum atomic E-state index is -0.745.